The third kappa shape index (κ3) is 4.59. The summed E-state index contributed by atoms with van der Waals surface area (Å²) in [5.74, 6) is 1.30. The monoisotopic (exact) mass is 296 g/mol. The number of guanidine groups is 1. The van der Waals surface area contributed by atoms with Crippen molar-refractivity contribution in [2.45, 2.75) is 51.2 Å². The second-order valence-electron chi connectivity index (χ2n) is 6.13. The van der Waals surface area contributed by atoms with Gasteiger partial charge in [0.1, 0.15) is 0 Å². The normalized spacial score (nSPS) is 30.6. The number of likely N-dealkylation sites (tertiary alicyclic amines) is 1. The first-order chi connectivity index (χ1) is 10.1. The highest BCUT2D eigenvalue weighted by atomic mass is 16.3. The van der Waals surface area contributed by atoms with E-state index in [9.17, 15) is 9.90 Å². The molecule has 2 aliphatic rings. The van der Waals surface area contributed by atoms with Gasteiger partial charge in [-0.05, 0) is 26.2 Å². The molecular weight excluding hydrogens is 268 g/mol. The molecule has 6 nitrogen and oxygen atoms in total. The van der Waals surface area contributed by atoms with Crippen LogP contribution in [0.1, 0.15) is 39.0 Å². The number of aliphatic hydroxyl groups is 1. The van der Waals surface area contributed by atoms with Gasteiger partial charge in [-0.3, -0.25) is 9.79 Å². The van der Waals surface area contributed by atoms with Crippen molar-refractivity contribution < 1.29 is 9.90 Å². The Hall–Kier alpha value is -1.30. The Labute approximate surface area is 127 Å². The van der Waals surface area contributed by atoms with Gasteiger partial charge in [-0.1, -0.05) is 6.42 Å². The number of nitrogens with one attached hydrogen (secondary N) is 2. The lowest BCUT2D eigenvalue weighted by atomic mass is 10.1. The van der Waals surface area contributed by atoms with Crippen LogP contribution in [-0.2, 0) is 4.79 Å². The number of rotatable bonds is 4. The van der Waals surface area contributed by atoms with Crippen LogP contribution in [-0.4, -0.2) is 60.7 Å². The molecule has 2 fully saturated rings. The molecule has 1 saturated carbocycles. The van der Waals surface area contributed by atoms with Gasteiger partial charge in [-0.25, -0.2) is 0 Å². The molecule has 6 heteroatoms. The lowest BCUT2D eigenvalue weighted by molar-refractivity contribution is -0.132. The first-order valence-electron chi connectivity index (χ1n) is 8.07. The number of aliphatic imine (C=N–C) groups is 1. The average molecular weight is 296 g/mol. The van der Waals surface area contributed by atoms with E-state index in [1.807, 2.05) is 14.0 Å². The first kappa shape index (κ1) is 16.1. The summed E-state index contributed by atoms with van der Waals surface area (Å²) >= 11 is 0. The summed E-state index contributed by atoms with van der Waals surface area (Å²) in [6, 6.07) is 0.249. The van der Waals surface area contributed by atoms with Gasteiger partial charge in [0.05, 0.1) is 6.10 Å². The molecule has 0 aromatic heterocycles. The Bertz CT molecular complexity index is 386. The zero-order valence-electron chi connectivity index (χ0n) is 13.1. The minimum atomic E-state index is -0.199. The van der Waals surface area contributed by atoms with Crippen LogP contribution in [0.4, 0.5) is 0 Å². The standard InChI is InChI=1S/C15H28N4O2/c1-3-16-15(17-9-11-5-4-6-13(11)20)18-12-7-8-14(21)19(2)10-12/h11-13,20H,3-10H2,1-2H3,(H2,16,17,18). The number of hydrogen-bond donors (Lipinski definition) is 3. The molecule has 3 atom stereocenters. The Kier molecular flexibility index (Phi) is 5.85. The maximum Gasteiger partial charge on any atom is 0.222 e. The summed E-state index contributed by atoms with van der Waals surface area (Å²) in [6.45, 7) is 4.23. The molecule has 0 bridgehead atoms. The van der Waals surface area contributed by atoms with Crippen LogP contribution in [0, 0.1) is 5.92 Å². The molecular formula is C15H28N4O2. The molecule has 120 valence electrons. The minimum Gasteiger partial charge on any atom is -0.393 e. The fraction of sp³-hybridized carbons (Fsp3) is 0.867. The van der Waals surface area contributed by atoms with Crippen LogP contribution in [0.2, 0.25) is 0 Å². The largest absolute Gasteiger partial charge is 0.393 e. The van der Waals surface area contributed by atoms with Crippen molar-refractivity contribution in [3.63, 3.8) is 0 Å². The second-order valence-corrected chi connectivity index (χ2v) is 6.13. The molecule has 2 rings (SSSR count). The van der Waals surface area contributed by atoms with E-state index >= 15 is 0 Å². The molecule has 21 heavy (non-hydrogen) atoms. The molecule has 0 spiro atoms. The smallest absolute Gasteiger partial charge is 0.222 e. The van der Waals surface area contributed by atoms with Gasteiger partial charge in [-0.15, -0.1) is 0 Å². The molecule has 1 aliphatic heterocycles. The maximum absolute atomic E-state index is 11.5. The van der Waals surface area contributed by atoms with Gasteiger partial charge in [0, 0.05) is 45.1 Å². The Morgan fingerprint density at radius 3 is 2.86 bits per heavy atom. The van der Waals surface area contributed by atoms with Crippen LogP contribution in [0.5, 0.6) is 0 Å². The predicted octanol–water partition coefficient (Wildman–Crippen LogP) is 0.323. The van der Waals surface area contributed by atoms with Gasteiger partial charge < -0.3 is 20.6 Å². The lowest BCUT2D eigenvalue weighted by Gasteiger charge is -2.31. The molecule has 3 N–H and O–H groups in total. The van der Waals surface area contributed by atoms with Crippen LogP contribution in [0.25, 0.3) is 0 Å². The number of amides is 1. The van der Waals surface area contributed by atoms with E-state index < -0.39 is 0 Å². The molecule has 0 aromatic rings. The summed E-state index contributed by atoms with van der Waals surface area (Å²) < 4.78 is 0. The molecule has 0 radical (unpaired) electrons. The molecule has 1 amide bonds. The highest BCUT2D eigenvalue weighted by molar-refractivity contribution is 5.81. The second kappa shape index (κ2) is 7.64. The fourth-order valence-corrected chi connectivity index (χ4v) is 3.08. The highest BCUT2D eigenvalue weighted by Crippen LogP contribution is 2.25. The van der Waals surface area contributed by atoms with Crippen LogP contribution >= 0.6 is 0 Å². The minimum absolute atomic E-state index is 0.199. The average Bonchev–Trinajstić information content (AvgIpc) is 2.86. The molecule has 1 saturated heterocycles. The van der Waals surface area contributed by atoms with Crippen molar-refractivity contribution in [1.29, 1.82) is 0 Å². The van der Waals surface area contributed by atoms with E-state index in [0.29, 0.717) is 13.0 Å². The third-order valence-electron chi connectivity index (χ3n) is 4.41. The third-order valence-corrected chi connectivity index (χ3v) is 4.41. The number of aliphatic hydroxyl groups excluding tert-OH is 1. The Balaban J connectivity index is 1.87. The van der Waals surface area contributed by atoms with Crippen LogP contribution in [0.15, 0.2) is 4.99 Å². The first-order valence-corrected chi connectivity index (χ1v) is 8.07. The summed E-state index contributed by atoms with van der Waals surface area (Å²) in [5, 5.41) is 16.5. The molecule has 1 aliphatic carbocycles. The number of carbonyl (C=O) groups is 1. The molecule has 1 heterocycles. The fourth-order valence-electron chi connectivity index (χ4n) is 3.08. The highest BCUT2D eigenvalue weighted by Gasteiger charge is 2.26. The SMILES string of the molecule is CCNC(=NCC1CCCC1O)NC1CCC(=O)N(C)C1. The number of likely N-dealkylation sites (N-methyl/N-ethyl adjacent to an activating group) is 1. The van der Waals surface area contributed by atoms with Crippen molar-refractivity contribution in [3.8, 4) is 0 Å². The summed E-state index contributed by atoms with van der Waals surface area (Å²) in [5.41, 5.74) is 0. The topological polar surface area (TPSA) is 77.0 Å². The molecule has 0 aromatic carbocycles. The van der Waals surface area contributed by atoms with Crippen LogP contribution < -0.4 is 10.6 Å². The summed E-state index contributed by atoms with van der Waals surface area (Å²) in [4.78, 5) is 17.9. The van der Waals surface area contributed by atoms with Gasteiger partial charge in [0.15, 0.2) is 5.96 Å². The van der Waals surface area contributed by atoms with Crippen molar-refractivity contribution >= 4 is 11.9 Å². The van der Waals surface area contributed by atoms with E-state index in [0.717, 1.165) is 44.7 Å². The number of carbonyl (C=O) groups excluding carboxylic acids is 1. The summed E-state index contributed by atoms with van der Waals surface area (Å²) in [7, 11) is 1.84. The van der Waals surface area contributed by atoms with E-state index in [2.05, 4.69) is 15.6 Å². The Morgan fingerprint density at radius 1 is 1.43 bits per heavy atom. The van der Waals surface area contributed by atoms with E-state index in [-0.39, 0.29) is 24.0 Å². The van der Waals surface area contributed by atoms with Gasteiger partial charge in [0.2, 0.25) is 5.91 Å². The Morgan fingerprint density at radius 2 is 2.24 bits per heavy atom. The van der Waals surface area contributed by atoms with Crippen molar-refractivity contribution in [2.24, 2.45) is 10.9 Å². The van der Waals surface area contributed by atoms with Crippen molar-refractivity contribution in [1.82, 2.24) is 15.5 Å². The lowest BCUT2D eigenvalue weighted by Crippen LogP contribution is -2.51. The summed E-state index contributed by atoms with van der Waals surface area (Å²) in [6.07, 6.45) is 4.30. The van der Waals surface area contributed by atoms with Crippen molar-refractivity contribution in [3.05, 3.63) is 0 Å². The number of nitrogens with zero attached hydrogens (tertiary/aromatic N) is 2. The number of hydrogen-bond acceptors (Lipinski definition) is 3. The van der Waals surface area contributed by atoms with Gasteiger partial charge >= 0.3 is 0 Å². The molecule has 3 unspecified atom stereocenters. The van der Waals surface area contributed by atoms with E-state index in [1.54, 1.807) is 4.90 Å². The van der Waals surface area contributed by atoms with Crippen molar-refractivity contribution in [2.75, 3.05) is 26.7 Å². The number of piperidine rings is 1. The zero-order chi connectivity index (χ0) is 15.2. The zero-order valence-corrected chi connectivity index (χ0v) is 13.1. The van der Waals surface area contributed by atoms with E-state index in [1.165, 1.54) is 0 Å². The quantitative estimate of drug-likeness (QED) is 0.516. The van der Waals surface area contributed by atoms with Gasteiger partial charge in [-0.2, -0.15) is 0 Å². The van der Waals surface area contributed by atoms with E-state index in [4.69, 9.17) is 0 Å². The predicted molar refractivity (Wildman–Crippen MR) is 83.1 cm³/mol. The van der Waals surface area contributed by atoms with Gasteiger partial charge in [0.25, 0.3) is 0 Å². The van der Waals surface area contributed by atoms with Crippen LogP contribution in [0.3, 0.4) is 0 Å². The maximum atomic E-state index is 11.5.